The van der Waals surface area contributed by atoms with Crippen molar-refractivity contribution in [2.75, 3.05) is 32.7 Å². The summed E-state index contributed by atoms with van der Waals surface area (Å²) < 4.78 is 20.5. The Morgan fingerprint density at radius 2 is 1.55 bits per heavy atom. The third-order valence-electron chi connectivity index (χ3n) is 7.45. The number of hydrogen-bond acceptors (Lipinski definition) is 4. The second-order valence-electron chi connectivity index (χ2n) is 9.59. The van der Waals surface area contributed by atoms with E-state index in [-0.39, 0.29) is 11.6 Å². The van der Waals surface area contributed by atoms with Crippen LogP contribution in [0, 0.1) is 5.82 Å². The van der Waals surface area contributed by atoms with E-state index in [0.29, 0.717) is 12.1 Å². The molecule has 0 atom stereocenters. The van der Waals surface area contributed by atoms with Crippen LogP contribution in [-0.4, -0.2) is 53.1 Å². The van der Waals surface area contributed by atoms with Gasteiger partial charge in [0.2, 0.25) is 0 Å². The number of hydrogen-bond donors (Lipinski definition) is 0. The van der Waals surface area contributed by atoms with Crippen molar-refractivity contribution in [3.63, 3.8) is 0 Å². The van der Waals surface area contributed by atoms with Gasteiger partial charge in [0, 0.05) is 38.8 Å². The summed E-state index contributed by atoms with van der Waals surface area (Å²) in [6.45, 7) is 6.50. The van der Waals surface area contributed by atoms with Gasteiger partial charge in [0.05, 0.1) is 5.52 Å². The average molecular weight is 452 g/mol. The molecule has 0 radical (unpaired) electrons. The van der Waals surface area contributed by atoms with E-state index in [1.54, 1.807) is 16.7 Å². The van der Waals surface area contributed by atoms with E-state index < -0.39 is 0 Å². The average Bonchev–Trinajstić information content (AvgIpc) is 3.17. The van der Waals surface area contributed by atoms with Crippen LogP contribution < -0.4 is 5.76 Å². The van der Waals surface area contributed by atoms with E-state index in [0.717, 1.165) is 55.2 Å². The molecule has 2 heterocycles. The maximum Gasteiger partial charge on any atom is 0.419 e. The van der Waals surface area contributed by atoms with Gasteiger partial charge in [-0.3, -0.25) is 9.47 Å². The minimum Gasteiger partial charge on any atom is -0.408 e. The summed E-state index contributed by atoms with van der Waals surface area (Å²) in [4.78, 5) is 17.7. The number of aryl methyl sites for hydroxylation is 1. The molecule has 6 heteroatoms. The highest BCUT2D eigenvalue weighted by molar-refractivity contribution is 5.80. The largest absolute Gasteiger partial charge is 0.419 e. The van der Waals surface area contributed by atoms with Gasteiger partial charge in [0.25, 0.3) is 0 Å². The summed E-state index contributed by atoms with van der Waals surface area (Å²) in [7, 11) is 0. The molecular formula is C27H34FN3O2. The third-order valence-corrected chi connectivity index (χ3v) is 7.45. The summed E-state index contributed by atoms with van der Waals surface area (Å²) in [5, 5.41) is 0. The first-order chi connectivity index (χ1) is 16.2. The Labute approximate surface area is 194 Å². The van der Waals surface area contributed by atoms with Gasteiger partial charge in [-0.2, -0.15) is 0 Å². The summed E-state index contributed by atoms with van der Waals surface area (Å²) in [6, 6.07) is 12.9. The molecule has 1 saturated heterocycles. The SMILES string of the molecule is O=c1oc2cc(-c3ccc(F)cc3)ccc2n1CCCCN1CCN(C2CCCCC2)CC1. The lowest BCUT2D eigenvalue weighted by molar-refractivity contribution is 0.0780. The van der Waals surface area contributed by atoms with Crippen LogP contribution in [0.25, 0.3) is 22.2 Å². The smallest absolute Gasteiger partial charge is 0.408 e. The minimum absolute atomic E-state index is 0.261. The highest BCUT2D eigenvalue weighted by atomic mass is 19.1. The number of aromatic nitrogens is 1. The fourth-order valence-electron chi connectivity index (χ4n) is 5.50. The van der Waals surface area contributed by atoms with Crippen molar-refractivity contribution in [1.29, 1.82) is 0 Å². The van der Waals surface area contributed by atoms with Crippen LogP contribution in [0.1, 0.15) is 44.9 Å². The minimum atomic E-state index is -0.303. The molecule has 5 rings (SSSR count). The molecule has 1 saturated carbocycles. The maximum absolute atomic E-state index is 13.2. The molecule has 0 N–H and O–H groups in total. The molecule has 3 aromatic rings. The Morgan fingerprint density at radius 1 is 0.848 bits per heavy atom. The molecule has 1 aliphatic carbocycles. The standard InChI is InChI=1S/C27H34FN3O2/c28-23-11-8-21(9-12-23)22-10-13-25-26(20-22)33-27(32)31(25)15-5-4-14-29-16-18-30(19-17-29)24-6-2-1-3-7-24/h8-13,20,24H,1-7,14-19H2. The molecule has 2 fully saturated rings. The van der Waals surface area contributed by atoms with Crippen LogP contribution in [-0.2, 0) is 6.54 Å². The highest BCUT2D eigenvalue weighted by Gasteiger charge is 2.24. The van der Waals surface area contributed by atoms with Crippen molar-refractivity contribution >= 4 is 11.1 Å². The molecule has 0 spiro atoms. The molecule has 1 aromatic heterocycles. The molecule has 2 aromatic carbocycles. The topological polar surface area (TPSA) is 41.6 Å². The molecule has 1 aliphatic heterocycles. The molecule has 0 unspecified atom stereocenters. The van der Waals surface area contributed by atoms with E-state index in [4.69, 9.17) is 4.42 Å². The van der Waals surface area contributed by atoms with Crippen molar-refractivity contribution in [2.45, 2.75) is 57.5 Å². The maximum atomic E-state index is 13.2. The lowest BCUT2D eigenvalue weighted by Crippen LogP contribution is -2.50. The zero-order valence-electron chi connectivity index (χ0n) is 19.3. The number of nitrogens with zero attached hydrogens (tertiary/aromatic N) is 3. The van der Waals surface area contributed by atoms with Gasteiger partial charge in [-0.25, -0.2) is 9.18 Å². The normalized spacial score (nSPS) is 18.8. The number of piperazine rings is 1. The number of rotatable bonds is 7. The number of unbranched alkanes of at least 4 members (excludes halogenated alkanes) is 1. The third kappa shape index (κ3) is 5.22. The number of fused-ring (bicyclic) bond motifs is 1. The van der Waals surface area contributed by atoms with Crippen LogP contribution in [0.3, 0.4) is 0 Å². The molecule has 0 amide bonds. The monoisotopic (exact) mass is 451 g/mol. The Balaban J connectivity index is 1.12. The lowest BCUT2D eigenvalue weighted by Gasteiger charge is -2.40. The predicted octanol–water partition coefficient (Wildman–Crippen LogP) is 5.13. The lowest BCUT2D eigenvalue weighted by atomic mass is 9.94. The van der Waals surface area contributed by atoms with Crippen LogP contribution in [0.2, 0.25) is 0 Å². The van der Waals surface area contributed by atoms with Gasteiger partial charge < -0.3 is 9.32 Å². The fraction of sp³-hybridized carbons (Fsp3) is 0.519. The van der Waals surface area contributed by atoms with Crippen molar-refractivity contribution in [3.8, 4) is 11.1 Å². The second kappa shape index (κ2) is 10.2. The summed E-state index contributed by atoms with van der Waals surface area (Å²) in [6.07, 6.45) is 9.03. The number of halogens is 1. The summed E-state index contributed by atoms with van der Waals surface area (Å²) in [5.41, 5.74) is 3.22. The van der Waals surface area contributed by atoms with Crippen LogP contribution in [0.15, 0.2) is 51.7 Å². The summed E-state index contributed by atoms with van der Waals surface area (Å²) >= 11 is 0. The predicted molar refractivity (Wildman–Crippen MR) is 130 cm³/mol. The van der Waals surface area contributed by atoms with Gasteiger partial charge >= 0.3 is 5.76 Å². The first-order valence-electron chi connectivity index (χ1n) is 12.5. The molecule has 33 heavy (non-hydrogen) atoms. The Hall–Kier alpha value is -2.44. The van der Waals surface area contributed by atoms with Crippen LogP contribution >= 0.6 is 0 Å². The van der Waals surface area contributed by atoms with E-state index in [9.17, 15) is 9.18 Å². The fourth-order valence-corrected chi connectivity index (χ4v) is 5.50. The van der Waals surface area contributed by atoms with Gasteiger partial charge in [-0.1, -0.05) is 37.5 Å². The zero-order chi connectivity index (χ0) is 22.6. The zero-order valence-corrected chi connectivity index (χ0v) is 19.3. The van der Waals surface area contributed by atoms with E-state index in [2.05, 4.69) is 9.80 Å². The number of benzene rings is 2. The quantitative estimate of drug-likeness (QED) is 0.467. The van der Waals surface area contributed by atoms with Crippen LogP contribution in [0.4, 0.5) is 4.39 Å². The van der Waals surface area contributed by atoms with Gasteiger partial charge in [0.1, 0.15) is 5.82 Å². The van der Waals surface area contributed by atoms with Crippen molar-refractivity contribution in [2.24, 2.45) is 0 Å². The second-order valence-corrected chi connectivity index (χ2v) is 9.59. The van der Waals surface area contributed by atoms with Crippen molar-refractivity contribution in [1.82, 2.24) is 14.4 Å². The van der Waals surface area contributed by atoms with Gasteiger partial charge in [-0.15, -0.1) is 0 Å². The highest BCUT2D eigenvalue weighted by Crippen LogP contribution is 2.25. The molecule has 2 aliphatic rings. The first-order valence-corrected chi connectivity index (χ1v) is 12.5. The molecule has 5 nitrogen and oxygen atoms in total. The van der Waals surface area contributed by atoms with E-state index in [1.165, 1.54) is 57.3 Å². The first kappa shape index (κ1) is 22.4. The van der Waals surface area contributed by atoms with Crippen molar-refractivity contribution < 1.29 is 8.81 Å². The van der Waals surface area contributed by atoms with Gasteiger partial charge in [-0.05, 0) is 67.6 Å². The Bertz CT molecular complexity index is 1110. The van der Waals surface area contributed by atoms with Crippen LogP contribution in [0.5, 0.6) is 0 Å². The molecule has 176 valence electrons. The van der Waals surface area contributed by atoms with E-state index in [1.807, 2.05) is 18.2 Å². The Kier molecular flexibility index (Phi) is 6.93. The summed E-state index contributed by atoms with van der Waals surface area (Å²) in [5.74, 6) is -0.564. The molecular weight excluding hydrogens is 417 g/mol. The van der Waals surface area contributed by atoms with Crippen molar-refractivity contribution in [3.05, 3.63) is 58.8 Å². The Morgan fingerprint density at radius 3 is 2.30 bits per heavy atom. The van der Waals surface area contributed by atoms with E-state index >= 15 is 0 Å². The molecule has 0 bridgehead atoms. The number of oxazole rings is 1. The van der Waals surface area contributed by atoms with Gasteiger partial charge in [0.15, 0.2) is 5.58 Å².